The fourth-order valence-electron chi connectivity index (χ4n) is 3.27. The van der Waals surface area contributed by atoms with Gasteiger partial charge in [-0.3, -0.25) is 10.1 Å². The number of nitrogens with one attached hydrogen (secondary N) is 3. The van der Waals surface area contributed by atoms with Gasteiger partial charge in [0.1, 0.15) is 5.69 Å². The van der Waals surface area contributed by atoms with Gasteiger partial charge in [0, 0.05) is 36.7 Å². The molecule has 0 saturated heterocycles. The minimum atomic E-state index is -0.406. The lowest BCUT2D eigenvalue weighted by Crippen LogP contribution is -2.33. The fraction of sp³-hybridized carbons (Fsp3) is 0.190. The SMILES string of the molecule is CCNC(=O)Nc1nc2cc(-[n+]3cccc4ccccc43)cc(C(=O)NCC)n2n1. The van der Waals surface area contributed by atoms with Gasteiger partial charge >= 0.3 is 6.03 Å². The minimum Gasteiger partial charge on any atom is -0.351 e. The topological polar surface area (TPSA) is 104 Å². The number of pyridine rings is 2. The molecule has 4 rings (SSSR count). The fourth-order valence-corrected chi connectivity index (χ4v) is 3.27. The third kappa shape index (κ3) is 3.64. The predicted octanol–water partition coefficient (Wildman–Crippen LogP) is 2.05. The van der Waals surface area contributed by atoms with Gasteiger partial charge in [-0.15, -0.1) is 5.10 Å². The van der Waals surface area contributed by atoms with Crippen LogP contribution in [0.5, 0.6) is 0 Å². The molecular weight excluding hydrogens is 382 g/mol. The van der Waals surface area contributed by atoms with Gasteiger partial charge in [0.05, 0.1) is 6.07 Å². The molecule has 30 heavy (non-hydrogen) atoms. The van der Waals surface area contributed by atoms with E-state index in [0.717, 1.165) is 16.6 Å². The number of aromatic nitrogens is 4. The van der Waals surface area contributed by atoms with E-state index < -0.39 is 6.03 Å². The molecule has 3 aromatic heterocycles. The summed E-state index contributed by atoms with van der Waals surface area (Å²) in [4.78, 5) is 29.0. The van der Waals surface area contributed by atoms with Crippen molar-refractivity contribution in [2.24, 2.45) is 0 Å². The summed E-state index contributed by atoms with van der Waals surface area (Å²) in [5, 5.41) is 13.4. The van der Waals surface area contributed by atoms with Crippen LogP contribution in [-0.4, -0.2) is 39.6 Å². The van der Waals surface area contributed by atoms with Crippen LogP contribution in [0.3, 0.4) is 0 Å². The van der Waals surface area contributed by atoms with Crippen LogP contribution in [0.1, 0.15) is 24.3 Å². The number of hydrogen-bond donors (Lipinski definition) is 3. The first-order valence-electron chi connectivity index (χ1n) is 9.74. The molecule has 0 unspecified atom stereocenters. The number of rotatable bonds is 5. The van der Waals surface area contributed by atoms with Crippen molar-refractivity contribution in [3.8, 4) is 5.69 Å². The van der Waals surface area contributed by atoms with Gasteiger partial charge < -0.3 is 10.6 Å². The first-order chi connectivity index (χ1) is 14.6. The number of para-hydroxylation sites is 1. The van der Waals surface area contributed by atoms with Gasteiger partial charge in [0.15, 0.2) is 11.8 Å². The van der Waals surface area contributed by atoms with E-state index in [2.05, 4.69) is 26.0 Å². The van der Waals surface area contributed by atoms with E-state index in [9.17, 15) is 9.59 Å². The van der Waals surface area contributed by atoms with Crippen molar-refractivity contribution in [2.75, 3.05) is 18.4 Å². The van der Waals surface area contributed by atoms with E-state index >= 15 is 0 Å². The third-order valence-electron chi connectivity index (χ3n) is 4.54. The average Bonchev–Trinajstić information content (AvgIpc) is 3.15. The molecule has 3 amide bonds. The molecule has 9 heteroatoms. The quantitative estimate of drug-likeness (QED) is 0.443. The number of anilines is 1. The summed E-state index contributed by atoms with van der Waals surface area (Å²) in [5.41, 5.74) is 2.52. The monoisotopic (exact) mass is 404 g/mol. The standard InChI is InChI=1S/C21H21N7O2/c1-3-22-19(29)17-12-15(27-11-7-9-14-8-5-6-10-16(14)27)13-18-24-20(26-28(17)18)25-21(30)23-4-2/h5-13H,3-4H2,1-2H3,(H2-,22,23,25,26,29,30)/p+1. The molecule has 1 aromatic carbocycles. The lowest BCUT2D eigenvalue weighted by molar-refractivity contribution is -0.567. The molecule has 0 radical (unpaired) electrons. The predicted molar refractivity (Wildman–Crippen MR) is 113 cm³/mol. The number of urea groups is 1. The lowest BCUT2D eigenvalue weighted by Gasteiger charge is -2.06. The second-order valence-corrected chi connectivity index (χ2v) is 6.59. The van der Waals surface area contributed by atoms with Crippen LogP contribution in [0.4, 0.5) is 10.7 Å². The van der Waals surface area contributed by atoms with Crippen molar-refractivity contribution >= 4 is 34.4 Å². The van der Waals surface area contributed by atoms with Crippen molar-refractivity contribution in [3.05, 3.63) is 60.4 Å². The molecule has 0 atom stereocenters. The maximum atomic E-state index is 12.7. The molecule has 0 aliphatic heterocycles. The molecule has 3 heterocycles. The normalized spacial score (nSPS) is 10.9. The van der Waals surface area contributed by atoms with Crippen LogP contribution in [-0.2, 0) is 0 Å². The molecule has 4 aromatic rings. The molecular formula is C21H22N7O2+. The zero-order chi connectivity index (χ0) is 21.1. The summed E-state index contributed by atoms with van der Waals surface area (Å²) in [6.45, 7) is 4.62. The highest BCUT2D eigenvalue weighted by Crippen LogP contribution is 2.16. The Bertz CT molecular complexity index is 1240. The number of carbonyl (C=O) groups excluding carboxylic acids is 2. The van der Waals surface area contributed by atoms with Crippen LogP contribution in [0.2, 0.25) is 0 Å². The molecule has 152 valence electrons. The summed E-state index contributed by atoms with van der Waals surface area (Å²) < 4.78 is 3.42. The van der Waals surface area contributed by atoms with E-state index in [1.165, 1.54) is 4.52 Å². The number of carbonyl (C=O) groups is 2. The zero-order valence-electron chi connectivity index (χ0n) is 16.7. The maximum absolute atomic E-state index is 12.7. The number of nitrogens with zero attached hydrogens (tertiary/aromatic N) is 4. The van der Waals surface area contributed by atoms with E-state index in [1.807, 2.05) is 67.1 Å². The highest BCUT2D eigenvalue weighted by Gasteiger charge is 2.21. The van der Waals surface area contributed by atoms with E-state index in [0.29, 0.717) is 24.4 Å². The van der Waals surface area contributed by atoms with Crippen molar-refractivity contribution in [1.29, 1.82) is 0 Å². The minimum absolute atomic E-state index is 0.117. The molecule has 0 aliphatic rings. The number of benzene rings is 1. The molecule has 3 N–H and O–H groups in total. The summed E-state index contributed by atoms with van der Waals surface area (Å²) in [6.07, 6.45) is 1.93. The Labute approximate surface area is 172 Å². The highest BCUT2D eigenvalue weighted by molar-refractivity contribution is 5.94. The Balaban J connectivity index is 1.88. The van der Waals surface area contributed by atoms with E-state index in [-0.39, 0.29) is 11.9 Å². The lowest BCUT2D eigenvalue weighted by atomic mass is 10.2. The second-order valence-electron chi connectivity index (χ2n) is 6.59. The Kier molecular flexibility index (Phi) is 5.25. The van der Waals surface area contributed by atoms with Crippen LogP contribution in [0, 0.1) is 0 Å². The van der Waals surface area contributed by atoms with Crippen LogP contribution in [0.15, 0.2) is 54.7 Å². The van der Waals surface area contributed by atoms with Gasteiger partial charge in [0.2, 0.25) is 11.2 Å². The Morgan fingerprint density at radius 2 is 1.80 bits per heavy atom. The maximum Gasteiger partial charge on any atom is 0.321 e. The largest absolute Gasteiger partial charge is 0.351 e. The Morgan fingerprint density at radius 3 is 2.60 bits per heavy atom. The summed E-state index contributed by atoms with van der Waals surface area (Å²) in [5.74, 6) is -0.161. The van der Waals surface area contributed by atoms with Crippen LogP contribution >= 0.6 is 0 Å². The van der Waals surface area contributed by atoms with Gasteiger partial charge in [-0.05, 0) is 26.0 Å². The smallest absolute Gasteiger partial charge is 0.321 e. The van der Waals surface area contributed by atoms with E-state index in [4.69, 9.17) is 0 Å². The first kappa shape index (κ1) is 19.3. The van der Waals surface area contributed by atoms with Gasteiger partial charge in [-0.1, -0.05) is 12.1 Å². The number of amides is 3. The van der Waals surface area contributed by atoms with Gasteiger partial charge in [-0.2, -0.15) is 9.55 Å². The van der Waals surface area contributed by atoms with Crippen molar-refractivity contribution in [2.45, 2.75) is 13.8 Å². The third-order valence-corrected chi connectivity index (χ3v) is 4.54. The van der Waals surface area contributed by atoms with Crippen molar-refractivity contribution < 1.29 is 14.2 Å². The molecule has 0 spiro atoms. The van der Waals surface area contributed by atoms with Gasteiger partial charge in [0.25, 0.3) is 11.9 Å². The van der Waals surface area contributed by atoms with Gasteiger partial charge in [-0.25, -0.2) is 9.31 Å². The zero-order valence-corrected chi connectivity index (χ0v) is 16.7. The molecule has 0 bridgehead atoms. The molecule has 0 saturated carbocycles. The number of hydrogen-bond acceptors (Lipinski definition) is 4. The van der Waals surface area contributed by atoms with E-state index in [1.54, 1.807) is 6.07 Å². The first-order valence-corrected chi connectivity index (χ1v) is 9.74. The summed E-state index contributed by atoms with van der Waals surface area (Å²) in [6, 6.07) is 15.1. The van der Waals surface area contributed by atoms with Crippen LogP contribution < -0.4 is 20.5 Å². The van der Waals surface area contributed by atoms with Crippen molar-refractivity contribution in [1.82, 2.24) is 25.2 Å². The molecule has 9 nitrogen and oxygen atoms in total. The summed E-state index contributed by atoms with van der Waals surface area (Å²) >= 11 is 0. The Hall–Kier alpha value is -4.01. The second kappa shape index (κ2) is 8.16. The Morgan fingerprint density at radius 1 is 1.03 bits per heavy atom. The van der Waals surface area contributed by atoms with Crippen molar-refractivity contribution in [3.63, 3.8) is 0 Å². The average molecular weight is 404 g/mol. The molecule has 0 aliphatic carbocycles. The number of fused-ring (bicyclic) bond motifs is 2. The van der Waals surface area contributed by atoms with Crippen LogP contribution in [0.25, 0.3) is 22.2 Å². The summed E-state index contributed by atoms with van der Waals surface area (Å²) in [7, 11) is 0. The molecule has 0 fully saturated rings. The highest BCUT2D eigenvalue weighted by atomic mass is 16.2.